The molecule has 3 nitrogen and oxygen atoms in total. The highest BCUT2D eigenvalue weighted by Gasteiger charge is 2.17. The average molecular weight is 289 g/mol. The molecule has 0 amide bonds. The molecule has 2 aromatic rings. The molecule has 0 bridgehead atoms. The van der Waals surface area contributed by atoms with E-state index in [1.807, 2.05) is 26.1 Å². The van der Waals surface area contributed by atoms with Crippen LogP contribution in [0.2, 0.25) is 0 Å². The van der Waals surface area contributed by atoms with Crippen LogP contribution in [-0.2, 0) is 0 Å². The first-order valence-electron chi connectivity index (χ1n) is 6.76. The Morgan fingerprint density at radius 1 is 1.00 bits per heavy atom. The van der Waals surface area contributed by atoms with Crippen molar-refractivity contribution in [1.29, 1.82) is 0 Å². The molecule has 0 aliphatic rings. The van der Waals surface area contributed by atoms with Gasteiger partial charge in [0.2, 0.25) is 0 Å². The van der Waals surface area contributed by atoms with E-state index in [0.29, 0.717) is 11.5 Å². The summed E-state index contributed by atoms with van der Waals surface area (Å²) in [7, 11) is 5.11. The first-order valence-corrected chi connectivity index (χ1v) is 6.76. The number of ether oxygens (including phenoxy) is 2. The standard InChI is InChI=1S/C17H20FNO2/c1-11-9-15(20-3)16(21-4)10-14(11)17(19-2)12-5-7-13(18)8-6-12/h5-10,17,19H,1-4H3. The van der Waals surface area contributed by atoms with Crippen molar-refractivity contribution in [3.63, 3.8) is 0 Å². The molecule has 0 fully saturated rings. The number of rotatable bonds is 5. The Balaban J connectivity index is 2.49. The fraction of sp³-hybridized carbons (Fsp3) is 0.294. The second-order valence-corrected chi connectivity index (χ2v) is 4.84. The lowest BCUT2D eigenvalue weighted by molar-refractivity contribution is 0.354. The summed E-state index contributed by atoms with van der Waals surface area (Å²) in [5, 5.41) is 3.26. The highest BCUT2D eigenvalue weighted by molar-refractivity contribution is 5.50. The van der Waals surface area contributed by atoms with E-state index < -0.39 is 0 Å². The molecule has 0 heterocycles. The normalized spacial score (nSPS) is 12.0. The molecule has 112 valence electrons. The van der Waals surface area contributed by atoms with Crippen molar-refractivity contribution >= 4 is 0 Å². The Hall–Kier alpha value is -2.07. The molecule has 0 aliphatic heterocycles. The fourth-order valence-electron chi connectivity index (χ4n) is 2.46. The minimum atomic E-state index is -0.238. The summed E-state index contributed by atoms with van der Waals surface area (Å²) in [5.74, 6) is 1.14. The minimum absolute atomic E-state index is 0.0367. The van der Waals surface area contributed by atoms with Crippen molar-refractivity contribution in [3.8, 4) is 11.5 Å². The van der Waals surface area contributed by atoms with Crippen LogP contribution in [-0.4, -0.2) is 21.3 Å². The van der Waals surface area contributed by atoms with E-state index in [-0.39, 0.29) is 11.9 Å². The van der Waals surface area contributed by atoms with Crippen molar-refractivity contribution in [3.05, 3.63) is 58.9 Å². The summed E-state index contributed by atoms with van der Waals surface area (Å²) < 4.78 is 23.8. The van der Waals surface area contributed by atoms with Crippen molar-refractivity contribution in [1.82, 2.24) is 5.32 Å². The van der Waals surface area contributed by atoms with Gasteiger partial charge in [0.25, 0.3) is 0 Å². The number of hydrogen-bond acceptors (Lipinski definition) is 3. The van der Waals surface area contributed by atoms with Crippen LogP contribution in [0, 0.1) is 12.7 Å². The van der Waals surface area contributed by atoms with Crippen LogP contribution < -0.4 is 14.8 Å². The minimum Gasteiger partial charge on any atom is -0.493 e. The number of benzene rings is 2. The quantitative estimate of drug-likeness (QED) is 0.914. The second kappa shape index (κ2) is 6.59. The lowest BCUT2D eigenvalue weighted by atomic mass is 9.94. The monoisotopic (exact) mass is 289 g/mol. The maximum absolute atomic E-state index is 13.1. The summed E-state index contributed by atoms with van der Waals surface area (Å²) in [6.07, 6.45) is 0. The molecule has 1 unspecified atom stereocenters. The van der Waals surface area contributed by atoms with Crippen molar-refractivity contribution in [2.24, 2.45) is 0 Å². The topological polar surface area (TPSA) is 30.5 Å². The van der Waals surface area contributed by atoms with Gasteiger partial charge in [0.1, 0.15) is 5.82 Å². The Kier molecular flexibility index (Phi) is 4.81. The van der Waals surface area contributed by atoms with Crippen LogP contribution >= 0.6 is 0 Å². The number of aryl methyl sites for hydroxylation is 1. The maximum atomic E-state index is 13.1. The highest BCUT2D eigenvalue weighted by Crippen LogP contribution is 2.34. The van der Waals surface area contributed by atoms with E-state index in [4.69, 9.17) is 9.47 Å². The Morgan fingerprint density at radius 3 is 2.10 bits per heavy atom. The van der Waals surface area contributed by atoms with Crippen LogP contribution in [0.3, 0.4) is 0 Å². The van der Waals surface area contributed by atoms with Crippen LogP contribution in [0.1, 0.15) is 22.7 Å². The molecule has 0 saturated heterocycles. The van der Waals surface area contributed by atoms with Gasteiger partial charge in [0.15, 0.2) is 11.5 Å². The molecular weight excluding hydrogens is 269 g/mol. The maximum Gasteiger partial charge on any atom is 0.161 e. The molecule has 21 heavy (non-hydrogen) atoms. The van der Waals surface area contributed by atoms with E-state index in [1.165, 1.54) is 12.1 Å². The van der Waals surface area contributed by atoms with Gasteiger partial charge < -0.3 is 14.8 Å². The predicted molar refractivity (Wildman–Crippen MR) is 81.6 cm³/mol. The van der Waals surface area contributed by atoms with E-state index in [0.717, 1.165) is 16.7 Å². The van der Waals surface area contributed by atoms with Gasteiger partial charge in [-0.1, -0.05) is 12.1 Å². The summed E-state index contributed by atoms with van der Waals surface area (Å²) >= 11 is 0. The molecule has 0 aromatic heterocycles. The molecule has 1 atom stereocenters. The number of hydrogen-bond donors (Lipinski definition) is 1. The molecule has 2 rings (SSSR count). The second-order valence-electron chi connectivity index (χ2n) is 4.84. The van der Waals surface area contributed by atoms with Crippen molar-refractivity contribution in [2.45, 2.75) is 13.0 Å². The molecule has 1 N–H and O–H groups in total. The predicted octanol–water partition coefficient (Wildman–Crippen LogP) is 3.46. The molecule has 0 aliphatic carbocycles. The molecule has 4 heteroatoms. The van der Waals surface area contributed by atoms with Crippen LogP contribution in [0.15, 0.2) is 36.4 Å². The third-order valence-corrected chi connectivity index (χ3v) is 3.58. The van der Waals surface area contributed by atoms with Gasteiger partial charge in [-0.15, -0.1) is 0 Å². The van der Waals surface area contributed by atoms with Gasteiger partial charge in [-0.2, -0.15) is 0 Å². The zero-order valence-electron chi connectivity index (χ0n) is 12.7. The summed E-state index contributed by atoms with van der Waals surface area (Å²) in [5.41, 5.74) is 3.15. The van der Waals surface area contributed by atoms with Gasteiger partial charge >= 0.3 is 0 Å². The number of nitrogens with one attached hydrogen (secondary N) is 1. The highest BCUT2D eigenvalue weighted by atomic mass is 19.1. The molecule has 2 aromatic carbocycles. The first kappa shape index (κ1) is 15.3. The SMILES string of the molecule is CNC(c1ccc(F)cc1)c1cc(OC)c(OC)cc1C. The Labute approximate surface area is 124 Å². The first-order chi connectivity index (χ1) is 10.1. The Morgan fingerprint density at radius 2 is 1.57 bits per heavy atom. The van der Waals surface area contributed by atoms with Crippen LogP contribution in [0.5, 0.6) is 11.5 Å². The van der Waals surface area contributed by atoms with E-state index >= 15 is 0 Å². The molecule has 0 radical (unpaired) electrons. The average Bonchev–Trinajstić information content (AvgIpc) is 2.50. The van der Waals surface area contributed by atoms with Crippen LogP contribution in [0.25, 0.3) is 0 Å². The zero-order valence-corrected chi connectivity index (χ0v) is 12.7. The van der Waals surface area contributed by atoms with E-state index in [1.54, 1.807) is 26.4 Å². The molecular formula is C17H20FNO2. The lowest BCUT2D eigenvalue weighted by Gasteiger charge is -2.21. The van der Waals surface area contributed by atoms with E-state index in [2.05, 4.69) is 5.32 Å². The smallest absolute Gasteiger partial charge is 0.161 e. The van der Waals surface area contributed by atoms with Gasteiger partial charge in [-0.05, 0) is 54.9 Å². The zero-order chi connectivity index (χ0) is 15.4. The Bertz CT molecular complexity index is 611. The van der Waals surface area contributed by atoms with Gasteiger partial charge in [-0.3, -0.25) is 0 Å². The van der Waals surface area contributed by atoms with Gasteiger partial charge in [0, 0.05) is 0 Å². The molecule has 0 spiro atoms. The number of methoxy groups -OCH3 is 2. The summed E-state index contributed by atoms with van der Waals surface area (Å²) in [4.78, 5) is 0. The van der Waals surface area contributed by atoms with Gasteiger partial charge in [-0.25, -0.2) is 4.39 Å². The van der Waals surface area contributed by atoms with Crippen molar-refractivity contribution in [2.75, 3.05) is 21.3 Å². The third kappa shape index (κ3) is 3.16. The lowest BCUT2D eigenvalue weighted by Crippen LogP contribution is -2.19. The van der Waals surface area contributed by atoms with Crippen LogP contribution in [0.4, 0.5) is 4.39 Å². The van der Waals surface area contributed by atoms with Gasteiger partial charge in [0.05, 0.1) is 20.3 Å². The largest absolute Gasteiger partial charge is 0.493 e. The number of halogens is 1. The summed E-state index contributed by atoms with van der Waals surface area (Å²) in [6, 6.07) is 10.4. The van der Waals surface area contributed by atoms with Crippen molar-refractivity contribution < 1.29 is 13.9 Å². The summed E-state index contributed by atoms with van der Waals surface area (Å²) in [6.45, 7) is 2.02. The van der Waals surface area contributed by atoms with E-state index in [9.17, 15) is 4.39 Å². The fourth-order valence-corrected chi connectivity index (χ4v) is 2.46. The molecule has 0 saturated carbocycles. The third-order valence-electron chi connectivity index (χ3n) is 3.58.